The van der Waals surface area contributed by atoms with Crippen LogP contribution in [-0.4, -0.2) is 21.8 Å². The first-order valence-corrected chi connectivity index (χ1v) is 10.7. The standard InChI is InChI=1S/C26H24ClN3O2/c1-16-11-19(12-17(2)18(16)3)15-30-10-9-22-21(5-4-6-24(22)30)14-28-29-26(32)20-7-8-25(31)23(27)13-20/h4-14,31H,15H2,1-3H3,(H,29,32)/b28-14+. The Balaban J connectivity index is 1.54. The van der Waals surface area contributed by atoms with Crippen LogP contribution in [0.3, 0.4) is 0 Å². The fourth-order valence-electron chi connectivity index (χ4n) is 3.78. The van der Waals surface area contributed by atoms with E-state index in [1.807, 2.05) is 12.1 Å². The van der Waals surface area contributed by atoms with Crippen LogP contribution in [-0.2, 0) is 6.54 Å². The summed E-state index contributed by atoms with van der Waals surface area (Å²) < 4.78 is 2.22. The summed E-state index contributed by atoms with van der Waals surface area (Å²) in [7, 11) is 0. The molecule has 0 unspecified atom stereocenters. The minimum Gasteiger partial charge on any atom is -0.506 e. The number of carbonyl (C=O) groups is 1. The SMILES string of the molecule is Cc1cc(Cn2ccc3c(/C=N/NC(=O)c4ccc(O)c(Cl)c4)cccc32)cc(C)c1C. The molecular weight excluding hydrogens is 422 g/mol. The van der Waals surface area contributed by atoms with E-state index >= 15 is 0 Å². The van der Waals surface area contributed by atoms with Crippen molar-refractivity contribution >= 4 is 34.6 Å². The molecule has 1 heterocycles. The number of amides is 1. The largest absolute Gasteiger partial charge is 0.506 e. The minimum atomic E-state index is -0.405. The molecule has 0 saturated heterocycles. The van der Waals surface area contributed by atoms with Gasteiger partial charge in [0.2, 0.25) is 0 Å². The molecule has 0 radical (unpaired) electrons. The number of hydrogen-bond donors (Lipinski definition) is 2. The zero-order valence-corrected chi connectivity index (χ0v) is 18.9. The molecule has 0 bridgehead atoms. The zero-order chi connectivity index (χ0) is 22.8. The summed E-state index contributed by atoms with van der Waals surface area (Å²) in [4.78, 5) is 12.3. The van der Waals surface area contributed by atoms with Gasteiger partial charge in [-0.2, -0.15) is 5.10 Å². The molecule has 6 heteroatoms. The van der Waals surface area contributed by atoms with Gasteiger partial charge in [-0.05, 0) is 73.4 Å². The number of halogens is 1. The monoisotopic (exact) mass is 445 g/mol. The first kappa shape index (κ1) is 21.7. The molecule has 0 fully saturated rings. The molecule has 2 N–H and O–H groups in total. The van der Waals surface area contributed by atoms with E-state index in [9.17, 15) is 9.90 Å². The van der Waals surface area contributed by atoms with E-state index in [2.05, 4.69) is 66.3 Å². The summed E-state index contributed by atoms with van der Waals surface area (Å²) in [5.41, 5.74) is 10.0. The number of nitrogens with one attached hydrogen (secondary N) is 1. The van der Waals surface area contributed by atoms with E-state index in [-0.39, 0.29) is 10.8 Å². The van der Waals surface area contributed by atoms with E-state index in [0.29, 0.717) is 5.56 Å². The number of hydrogen-bond acceptors (Lipinski definition) is 3. The molecule has 1 amide bonds. The maximum absolute atomic E-state index is 12.3. The van der Waals surface area contributed by atoms with Crippen LogP contribution in [0, 0.1) is 20.8 Å². The van der Waals surface area contributed by atoms with Gasteiger partial charge in [0.15, 0.2) is 0 Å². The molecule has 0 spiro atoms. The Morgan fingerprint density at radius 2 is 1.84 bits per heavy atom. The van der Waals surface area contributed by atoms with E-state index in [0.717, 1.165) is 23.0 Å². The first-order chi connectivity index (χ1) is 15.3. The number of benzene rings is 3. The van der Waals surface area contributed by atoms with Crippen molar-refractivity contribution in [2.45, 2.75) is 27.3 Å². The second-order valence-corrected chi connectivity index (χ2v) is 8.35. The number of aromatic hydroxyl groups is 1. The Morgan fingerprint density at radius 1 is 1.09 bits per heavy atom. The van der Waals surface area contributed by atoms with Gasteiger partial charge in [-0.25, -0.2) is 5.43 Å². The number of carbonyl (C=O) groups excluding carboxylic acids is 1. The van der Waals surface area contributed by atoms with Crippen molar-refractivity contribution in [2.24, 2.45) is 5.10 Å². The fourth-order valence-corrected chi connectivity index (χ4v) is 3.96. The van der Waals surface area contributed by atoms with E-state index in [1.54, 1.807) is 6.21 Å². The van der Waals surface area contributed by atoms with Gasteiger partial charge in [0, 0.05) is 34.8 Å². The van der Waals surface area contributed by atoms with Crippen LogP contribution in [0.5, 0.6) is 5.75 Å². The van der Waals surface area contributed by atoms with Crippen molar-refractivity contribution in [2.75, 3.05) is 0 Å². The van der Waals surface area contributed by atoms with Gasteiger partial charge in [-0.1, -0.05) is 35.9 Å². The number of fused-ring (bicyclic) bond motifs is 1. The molecule has 0 atom stereocenters. The van der Waals surface area contributed by atoms with Gasteiger partial charge >= 0.3 is 0 Å². The van der Waals surface area contributed by atoms with E-state index < -0.39 is 5.91 Å². The third kappa shape index (κ3) is 4.39. The Hall–Kier alpha value is -3.57. The van der Waals surface area contributed by atoms with Gasteiger partial charge < -0.3 is 9.67 Å². The third-order valence-electron chi connectivity index (χ3n) is 5.77. The number of phenolic OH excluding ortho intramolecular Hbond substituents is 1. The Kier molecular flexibility index (Phi) is 6.01. The van der Waals surface area contributed by atoms with Crippen LogP contribution in [0.25, 0.3) is 10.9 Å². The fraction of sp³-hybridized carbons (Fsp3) is 0.154. The van der Waals surface area contributed by atoms with Gasteiger partial charge in [0.25, 0.3) is 5.91 Å². The summed E-state index contributed by atoms with van der Waals surface area (Å²) in [6, 6.07) is 16.8. The molecule has 4 aromatic rings. The summed E-state index contributed by atoms with van der Waals surface area (Å²) in [5, 5.41) is 14.8. The summed E-state index contributed by atoms with van der Waals surface area (Å²) in [6.45, 7) is 7.23. The Morgan fingerprint density at radius 3 is 2.56 bits per heavy atom. The van der Waals surface area contributed by atoms with Gasteiger partial charge in [-0.3, -0.25) is 4.79 Å². The molecule has 3 aromatic carbocycles. The molecule has 5 nitrogen and oxygen atoms in total. The number of hydrazone groups is 1. The molecule has 0 saturated carbocycles. The van der Waals surface area contributed by atoms with E-state index in [4.69, 9.17) is 11.6 Å². The second-order valence-electron chi connectivity index (χ2n) is 7.94. The zero-order valence-electron chi connectivity index (χ0n) is 18.2. The van der Waals surface area contributed by atoms with Gasteiger partial charge in [-0.15, -0.1) is 0 Å². The number of aromatic nitrogens is 1. The molecule has 0 aliphatic carbocycles. The molecule has 162 valence electrons. The normalized spacial score (nSPS) is 11.4. The van der Waals surface area contributed by atoms with Crippen LogP contribution in [0.15, 0.2) is 65.9 Å². The highest BCUT2D eigenvalue weighted by Gasteiger charge is 2.09. The average molecular weight is 446 g/mol. The van der Waals surface area contributed by atoms with Crippen molar-refractivity contribution in [3.63, 3.8) is 0 Å². The highest BCUT2D eigenvalue weighted by Crippen LogP contribution is 2.24. The highest BCUT2D eigenvalue weighted by atomic mass is 35.5. The molecule has 4 rings (SSSR count). The Labute approximate surface area is 192 Å². The van der Waals surface area contributed by atoms with Gasteiger partial charge in [0.05, 0.1) is 11.2 Å². The second kappa shape index (κ2) is 8.89. The van der Waals surface area contributed by atoms with E-state index in [1.165, 1.54) is 40.5 Å². The maximum Gasteiger partial charge on any atom is 0.271 e. The van der Waals surface area contributed by atoms with Crippen LogP contribution < -0.4 is 5.43 Å². The average Bonchev–Trinajstić information content (AvgIpc) is 3.17. The first-order valence-electron chi connectivity index (χ1n) is 10.3. The summed E-state index contributed by atoms with van der Waals surface area (Å²) in [6.07, 6.45) is 3.70. The smallest absolute Gasteiger partial charge is 0.271 e. The van der Waals surface area contributed by atoms with Crippen molar-refractivity contribution in [1.29, 1.82) is 0 Å². The lowest BCUT2D eigenvalue weighted by Crippen LogP contribution is -2.17. The third-order valence-corrected chi connectivity index (χ3v) is 6.07. The molecular formula is C26H24ClN3O2. The maximum atomic E-state index is 12.3. The van der Waals surface area contributed by atoms with Crippen molar-refractivity contribution in [3.05, 3.63) is 99.2 Å². The number of nitrogens with zero attached hydrogens (tertiary/aromatic N) is 2. The lowest BCUT2D eigenvalue weighted by Gasteiger charge is -2.11. The van der Waals surface area contributed by atoms with Crippen LogP contribution in [0.4, 0.5) is 0 Å². The predicted molar refractivity (Wildman–Crippen MR) is 130 cm³/mol. The topological polar surface area (TPSA) is 66.6 Å². The van der Waals surface area contributed by atoms with Crippen LogP contribution in [0.2, 0.25) is 5.02 Å². The van der Waals surface area contributed by atoms with Crippen molar-refractivity contribution in [1.82, 2.24) is 9.99 Å². The van der Waals surface area contributed by atoms with Crippen LogP contribution >= 0.6 is 11.6 Å². The molecule has 1 aromatic heterocycles. The molecule has 0 aliphatic heterocycles. The van der Waals surface area contributed by atoms with Crippen molar-refractivity contribution < 1.29 is 9.90 Å². The highest BCUT2D eigenvalue weighted by molar-refractivity contribution is 6.32. The summed E-state index contributed by atoms with van der Waals surface area (Å²) in [5.74, 6) is -0.475. The lowest BCUT2D eigenvalue weighted by atomic mass is 10.0. The predicted octanol–water partition coefficient (Wildman–Crippen LogP) is 5.74. The van der Waals surface area contributed by atoms with Crippen molar-refractivity contribution in [3.8, 4) is 5.75 Å². The molecule has 32 heavy (non-hydrogen) atoms. The quantitative estimate of drug-likeness (QED) is 0.304. The lowest BCUT2D eigenvalue weighted by molar-refractivity contribution is 0.0955. The molecule has 0 aliphatic rings. The minimum absolute atomic E-state index is 0.0705. The number of phenols is 1. The number of rotatable bonds is 5. The number of aryl methyl sites for hydroxylation is 2. The van der Waals surface area contributed by atoms with Crippen LogP contribution in [0.1, 0.15) is 38.2 Å². The summed E-state index contributed by atoms with van der Waals surface area (Å²) >= 11 is 5.87. The Bertz CT molecular complexity index is 1330. The van der Waals surface area contributed by atoms with Gasteiger partial charge in [0.1, 0.15) is 5.75 Å².